The Morgan fingerprint density at radius 1 is 0.484 bits per heavy atom. The lowest BCUT2D eigenvalue weighted by atomic mass is 10.0. The third-order valence-corrected chi connectivity index (χ3v) is 7.18. The minimum absolute atomic E-state index is 0.623. The van der Waals surface area contributed by atoms with Crippen molar-refractivity contribution in [2.45, 2.75) is 161 Å². The molecule has 1 aliphatic heterocycles. The van der Waals surface area contributed by atoms with Crippen LogP contribution < -0.4 is 0 Å². The molecule has 0 aromatic heterocycles. The van der Waals surface area contributed by atoms with E-state index in [0.29, 0.717) is 6.17 Å². The molecule has 2 nitrogen and oxygen atoms in total. The van der Waals surface area contributed by atoms with Gasteiger partial charge in [0.15, 0.2) is 0 Å². The van der Waals surface area contributed by atoms with E-state index in [1.807, 2.05) is 0 Å². The number of hydrogen-bond donors (Lipinski definition) is 0. The molecular formula is C29H58N2. The lowest BCUT2D eigenvalue weighted by Crippen LogP contribution is -2.37. The van der Waals surface area contributed by atoms with Gasteiger partial charge in [-0.3, -0.25) is 0 Å². The third-order valence-electron chi connectivity index (χ3n) is 7.18. The summed E-state index contributed by atoms with van der Waals surface area (Å²) in [7, 11) is 2.25. The molecule has 31 heavy (non-hydrogen) atoms. The van der Waals surface area contributed by atoms with Crippen LogP contribution in [0.2, 0.25) is 0 Å². The minimum Gasteiger partial charge on any atom is -0.359 e. The summed E-state index contributed by atoms with van der Waals surface area (Å²) >= 11 is 0. The van der Waals surface area contributed by atoms with Gasteiger partial charge in [-0.2, -0.15) is 0 Å². The van der Waals surface area contributed by atoms with Crippen LogP contribution in [0.1, 0.15) is 155 Å². The van der Waals surface area contributed by atoms with Gasteiger partial charge in [0.1, 0.15) is 6.17 Å². The molecule has 0 saturated carbocycles. The van der Waals surface area contributed by atoms with E-state index in [4.69, 9.17) is 0 Å². The molecule has 1 heterocycles. The molecule has 1 unspecified atom stereocenters. The predicted molar refractivity (Wildman–Crippen MR) is 140 cm³/mol. The Balaban J connectivity index is 1.86. The standard InChI is InChI=1S/C29H58N2/c1-4-6-8-10-11-12-13-14-15-16-17-18-19-20-22-24-26-31-28-27-30(3)29(31)25-23-21-9-7-5-2/h27-29H,4-26H2,1-3H3. The summed E-state index contributed by atoms with van der Waals surface area (Å²) in [6.07, 6.45) is 36.7. The fraction of sp³-hybridized carbons (Fsp3) is 0.931. The highest BCUT2D eigenvalue weighted by molar-refractivity contribution is 4.95. The van der Waals surface area contributed by atoms with Crippen molar-refractivity contribution in [1.29, 1.82) is 0 Å². The highest BCUT2D eigenvalue weighted by Crippen LogP contribution is 2.21. The van der Waals surface area contributed by atoms with Gasteiger partial charge < -0.3 is 9.80 Å². The van der Waals surface area contributed by atoms with Crippen molar-refractivity contribution in [2.24, 2.45) is 0 Å². The zero-order valence-electron chi connectivity index (χ0n) is 21.9. The molecule has 0 bridgehead atoms. The second-order valence-electron chi connectivity index (χ2n) is 10.2. The summed E-state index contributed by atoms with van der Waals surface area (Å²) in [5.41, 5.74) is 0. The van der Waals surface area contributed by atoms with Gasteiger partial charge in [-0.15, -0.1) is 0 Å². The SMILES string of the molecule is CCCCCCCCCCCCCCCCCCN1C=CN(C)C1CCCCCCC. The van der Waals surface area contributed by atoms with Crippen LogP contribution in [0.5, 0.6) is 0 Å². The molecule has 0 amide bonds. The third kappa shape index (κ3) is 15.7. The first kappa shape index (κ1) is 28.4. The molecule has 184 valence electrons. The predicted octanol–water partition coefficient (Wildman–Crippen LogP) is 9.65. The molecule has 1 rings (SSSR count). The maximum atomic E-state index is 2.60. The van der Waals surface area contributed by atoms with E-state index in [-0.39, 0.29) is 0 Å². The summed E-state index contributed by atoms with van der Waals surface area (Å²) in [4.78, 5) is 5.02. The molecule has 0 saturated heterocycles. The first-order valence-electron chi connectivity index (χ1n) is 14.5. The van der Waals surface area contributed by atoms with Crippen LogP contribution in [-0.2, 0) is 0 Å². The summed E-state index contributed by atoms with van der Waals surface area (Å²) < 4.78 is 0. The van der Waals surface area contributed by atoms with Crippen molar-refractivity contribution in [3.05, 3.63) is 12.4 Å². The van der Waals surface area contributed by atoms with Crippen LogP contribution in [0, 0.1) is 0 Å². The van der Waals surface area contributed by atoms with E-state index < -0.39 is 0 Å². The Kier molecular flexibility index (Phi) is 19.4. The van der Waals surface area contributed by atoms with Gasteiger partial charge in [-0.25, -0.2) is 0 Å². The monoisotopic (exact) mass is 434 g/mol. The maximum absolute atomic E-state index is 2.60. The molecule has 1 atom stereocenters. The first-order valence-corrected chi connectivity index (χ1v) is 14.5. The van der Waals surface area contributed by atoms with Crippen molar-refractivity contribution in [1.82, 2.24) is 9.80 Å². The van der Waals surface area contributed by atoms with Crippen LogP contribution >= 0.6 is 0 Å². The molecule has 0 N–H and O–H groups in total. The van der Waals surface area contributed by atoms with Gasteiger partial charge >= 0.3 is 0 Å². The fourth-order valence-corrected chi connectivity index (χ4v) is 4.99. The number of unbranched alkanes of at least 4 members (excludes halogenated alkanes) is 19. The Labute approximate surface area is 197 Å². The Morgan fingerprint density at radius 2 is 0.871 bits per heavy atom. The molecule has 1 aliphatic rings. The van der Waals surface area contributed by atoms with E-state index in [0.717, 1.165) is 0 Å². The van der Waals surface area contributed by atoms with Crippen molar-refractivity contribution in [3.8, 4) is 0 Å². The largest absolute Gasteiger partial charge is 0.359 e. The van der Waals surface area contributed by atoms with E-state index in [1.165, 1.54) is 148 Å². The van der Waals surface area contributed by atoms with E-state index in [1.54, 1.807) is 0 Å². The smallest absolute Gasteiger partial charge is 0.100 e. The van der Waals surface area contributed by atoms with Crippen LogP contribution in [-0.4, -0.2) is 29.6 Å². The Bertz CT molecular complexity index is 392. The van der Waals surface area contributed by atoms with Gasteiger partial charge in [0.25, 0.3) is 0 Å². The number of rotatable bonds is 23. The second-order valence-corrected chi connectivity index (χ2v) is 10.2. The molecule has 0 fully saturated rings. The summed E-state index contributed by atoms with van der Waals surface area (Å²) in [5.74, 6) is 0. The molecule has 0 radical (unpaired) electrons. The lowest BCUT2D eigenvalue weighted by molar-refractivity contribution is 0.159. The molecular weight excluding hydrogens is 376 g/mol. The van der Waals surface area contributed by atoms with Crippen molar-refractivity contribution in [2.75, 3.05) is 13.6 Å². The van der Waals surface area contributed by atoms with Crippen molar-refractivity contribution >= 4 is 0 Å². The Morgan fingerprint density at radius 3 is 1.32 bits per heavy atom. The van der Waals surface area contributed by atoms with Crippen LogP contribution in [0.3, 0.4) is 0 Å². The van der Waals surface area contributed by atoms with E-state index >= 15 is 0 Å². The number of hydrogen-bond acceptors (Lipinski definition) is 2. The summed E-state index contributed by atoms with van der Waals surface area (Å²) in [6.45, 7) is 5.85. The Hall–Kier alpha value is -0.660. The zero-order valence-corrected chi connectivity index (χ0v) is 21.9. The summed E-state index contributed by atoms with van der Waals surface area (Å²) in [6, 6.07) is 0. The van der Waals surface area contributed by atoms with Gasteiger partial charge in [0.05, 0.1) is 0 Å². The fourth-order valence-electron chi connectivity index (χ4n) is 4.99. The van der Waals surface area contributed by atoms with Crippen LogP contribution in [0.15, 0.2) is 12.4 Å². The van der Waals surface area contributed by atoms with Crippen molar-refractivity contribution < 1.29 is 0 Å². The lowest BCUT2D eigenvalue weighted by Gasteiger charge is -2.30. The number of nitrogens with zero attached hydrogens (tertiary/aromatic N) is 2. The summed E-state index contributed by atoms with van der Waals surface area (Å²) in [5, 5.41) is 0. The van der Waals surface area contributed by atoms with Crippen LogP contribution in [0.25, 0.3) is 0 Å². The zero-order chi connectivity index (χ0) is 22.4. The highest BCUT2D eigenvalue weighted by atomic mass is 15.4. The normalized spacial score (nSPS) is 16.0. The molecule has 0 aromatic carbocycles. The van der Waals surface area contributed by atoms with Gasteiger partial charge in [0.2, 0.25) is 0 Å². The topological polar surface area (TPSA) is 6.48 Å². The average Bonchev–Trinajstić information content (AvgIpc) is 3.12. The van der Waals surface area contributed by atoms with Gasteiger partial charge in [-0.05, 0) is 19.3 Å². The molecule has 2 heteroatoms. The second kappa shape index (κ2) is 21.2. The minimum atomic E-state index is 0.623. The molecule has 0 aromatic rings. The average molecular weight is 435 g/mol. The van der Waals surface area contributed by atoms with Gasteiger partial charge in [-0.1, -0.05) is 136 Å². The first-order chi connectivity index (χ1) is 15.3. The molecule has 0 aliphatic carbocycles. The quantitative estimate of drug-likeness (QED) is 0.148. The van der Waals surface area contributed by atoms with Crippen LogP contribution in [0.4, 0.5) is 0 Å². The van der Waals surface area contributed by atoms with Gasteiger partial charge in [0, 0.05) is 26.0 Å². The van der Waals surface area contributed by atoms with Crippen molar-refractivity contribution in [3.63, 3.8) is 0 Å². The molecule has 0 spiro atoms. The highest BCUT2D eigenvalue weighted by Gasteiger charge is 2.22. The van der Waals surface area contributed by atoms with E-state index in [2.05, 4.69) is 43.1 Å². The van der Waals surface area contributed by atoms with E-state index in [9.17, 15) is 0 Å². The maximum Gasteiger partial charge on any atom is 0.100 e.